The van der Waals surface area contributed by atoms with Crippen LogP contribution in [0, 0.1) is 0 Å². The predicted molar refractivity (Wildman–Crippen MR) is 101 cm³/mol. The van der Waals surface area contributed by atoms with Gasteiger partial charge in [-0.05, 0) is 42.7 Å². The van der Waals surface area contributed by atoms with Crippen molar-refractivity contribution in [2.75, 3.05) is 0 Å². The van der Waals surface area contributed by atoms with Crippen LogP contribution in [0.15, 0.2) is 62.9 Å². The number of benzene rings is 1. The third-order valence-electron chi connectivity index (χ3n) is 4.43. The topological polar surface area (TPSA) is 31.0 Å². The number of aromatic nitrogens is 2. The summed E-state index contributed by atoms with van der Waals surface area (Å²) in [7, 11) is 0. The van der Waals surface area contributed by atoms with Crippen molar-refractivity contribution in [3.8, 4) is 11.3 Å². The van der Waals surface area contributed by atoms with Gasteiger partial charge in [0.15, 0.2) is 5.16 Å². The molecule has 0 N–H and O–H groups in total. The summed E-state index contributed by atoms with van der Waals surface area (Å²) >= 11 is 5.43. The predicted octanol–water partition coefficient (Wildman–Crippen LogP) is 5.99. The van der Waals surface area contributed by atoms with Gasteiger partial charge in [0.1, 0.15) is 5.76 Å². The summed E-state index contributed by atoms with van der Waals surface area (Å²) in [6.07, 6.45) is 9.00. The molecule has 5 heteroatoms. The highest BCUT2D eigenvalue weighted by atomic mass is 79.9. The number of thioether (sulfide) groups is 1. The van der Waals surface area contributed by atoms with Crippen molar-refractivity contribution >= 4 is 27.7 Å². The van der Waals surface area contributed by atoms with E-state index in [1.54, 1.807) is 6.26 Å². The van der Waals surface area contributed by atoms with Gasteiger partial charge >= 0.3 is 0 Å². The molecular weight excluding hydrogens is 384 g/mol. The van der Waals surface area contributed by atoms with Crippen molar-refractivity contribution in [3.63, 3.8) is 0 Å². The minimum Gasteiger partial charge on any atom is -0.467 e. The Morgan fingerprint density at radius 1 is 1.17 bits per heavy atom. The third kappa shape index (κ3) is 3.47. The molecule has 1 aliphatic carbocycles. The summed E-state index contributed by atoms with van der Waals surface area (Å²) in [6, 6.07) is 12.4. The highest BCUT2D eigenvalue weighted by molar-refractivity contribution is 9.10. The van der Waals surface area contributed by atoms with Crippen LogP contribution in [-0.2, 0) is 6.54 Å². The second-order valence-corrected chi connectivity index (χ2v) is 8.31. The first-order chi connectivity index (χ1) is 11.8. The average molecular weight is 403 g/mol. The van der Waals surface area contributed by atoms with Gasteiger partial charge in [-0.25, -0.2) is 4.98 Å². The second-order valence-electron chi connectivity index (χ2n) is 6.12. The zero-order chi connectivity index (χ0) is 16.4. The highest BCUT2D eigenvalue weighted by Crippen LogP contribution is 2.36. The quantitative estimate of drug-likeness (QED) is 0.524. The first-order valence-electron chi connectivity index (χ1n) is 8.30. The van der Waals surface area contributed by atoms with E-state index in [1.807, 2.05) is 30.1 Å². The van der Waals surface area contributed by atoms with Gasteiger partial charge in [0.2, 0.25) is 0 Å². The molecule has 1 aromatic carbocycles. The largest absolute Gasteiger partial charge is 0.467 e. The molecule has 124 valence electrons. The molecule has 0 amide bonds. The Bertz CT molecular complexity index is 789. The molecule has 0 bridgehead atoms. The summed E-state index contributed by atoms with van der Waals surface area (Å²) in [6.45, 7) is 0.716. The van der Waals surface area contributed by atoms with Crippen molar-refractivity contribution < 1.29 is 4.42 Å². The van der Waals surface area contributed by atoms with E-state index in [4.69, 9.17) is 9.40 Å². The minimum atomic E-state index is 0.695. The van der Waals surface area contributed by atoms with Crippen molar-refractivity contribution in [1.82, 2.24) is 9.55 Å². The van der Waals surface area contributed by atoms with Crippen LogP contribution < -0.4 is 0 Å². The number of hydrogen-bond donors (Lipinski definition) is 0. The van der Waals surface area contributed by atoms with E-state index < -0.39 is 0 Å². The van der Waals surface area contributed by atoms with E-state index in [-0.39, 0.29) is 0 Å². The summed E-state index contributed by atoms with van der Waals surface area (Å²) in [4.78, 5) is 4.73. The number of halogens is 1. The summed E-state index contributed by atoms with van der Waals surface area (Å²) in [5, 5.41) is 1.79. The minimum absolute atomic E-state index is 0.695. The molecule has 2 aromatic heterocycles. The van der Waals surface area contributed by atoms with E-state index in [9.17, 15) is 0 Å². The number of furan rings is 1. The molecule has 4 rings (SSSR count). The van der Waals surface area contributed by atoms with Crippen LogP contribution in [-0.4, -0.2) is 14.8 Å². The maximum atomic E-state index is 5.58. The average Bonchev–Trinajstić information content (AvgIpc) is 3.33. The van der Waals surface area contributed by atoms with E-state index in [2.05, 4.69) is 44.8 Å². The molecule has 0 radical (unpaired) electrons. The Labute approximate surface area is 154 Å². The fourth-order valence-corrected chi connectivity index (χ4v) is 4.71. The molecule has 0 atom stereocenters. The van der Waals surface area contributed by atoms with Gasteiger partial charge in [0, 0.05) is 9.72 Å². The SMILES string of the molecule is Brc1ccc(-c2cnc(SC3CCCC3)n2Cc2ccco2)cc1. The molecule has 24 heavy (non-hydrogen) atoms. The van der Waals surface area contributed by atoms with Crippen molar-refractivity contribution in [2.45, 2.75) is 42.6 Å². The van der Waals surface area contributed by atoms with E-state index >= 15 is 0 Å². The van der Waals surface area contributed by atoms with Gasteiger partial charge < -0.3 is 8.98 Å². The molecule has 1 saturated carbocycles. The van der Waals surface area contributed by atoms with Crippen molar-refractivity contribution in [1.29, 1.82) is 0 Å². The van der Waals surface area contributed by atoms with Crippen LogP contribution in [0.25, 0.3) is 11.3 Å². The van der Waals surface area contributed by atoms with Gasteiger partial charge in [-0.2, -0.15) is 0 Å². The van der Waals surface area contributed by atoms with E-state index in [1.165, 1.54) is 31.2 Å². The zero-order valence-corrected chi connectivity index (χ0v) is 15.7. The monoisotopic (exact) mass is 402 g/mol. The Hall–Kier alpha value is -1.46. The Morgan fingerprint density at radius 2 is 1.96 bits per heavy atom. The maximum Gasteiger partial charge on any atom is 0.169 e. The van der Waals surface area contributed by atoms with Gasteiger partial charge in [0.25, 0.3) is 0 Å². The molecule has 1 fully saturated rings. The lowest BCUT2D eigenvalue weighted by atomic mass is 10.2. The van der Waals surface area contributed by atoms with E-state index in [0.717, 1.165) is 21.1 Å². The van der Waals surface area contributed by atoms with E-state index in [0.29, 0.717) is 11.8 Å². The Morgan fingerprint density at radius 3 is 2.67 bits per heavy atom. The normalized spacial score (nSPS) is 15.2. The molecule has 0 saturated heterocycles. The molecule has 3 nitrogen and oxygen atoms in total. The molecular formula is C19H19BrN2OS. The molecule has 2 heterocycles. The number of hydrogen-bond acceptors (Lipinski definition) is 3. The first kappa shape index (κ1) is 16.0. The number of rotatable bonds is 5. The zero-order valence-electron chi connectivity index (χ0n) is 13.3. The van der Waals surface area contributed by atoms with Gasteiger partial charge in [-0.3, -0.25) is 0 Å². The summed E-state index contributed by atoms with van der Waals surface area (Å²) in [5.74, 6) is 0.958. The molecule has 0 unspecified atom stereocenters. The molecule has 0 aliphatic heterocycles. The molecule has 1 aliphatic rings. The van der Waals surface area contributed by atoms with Crippen LogP contribution in [0.5, 0.6) is 0 Å². The lowest BCUT2D eigenvalue weighted by molar-refractivity contribution is 0.485. The van der Waals surface area contributed by atoms with Gasteiger partial charge in [-0.15, -0.1) is 0 Å². The smallest absolute Gasteiger partial charge is 0.169 e. The maximum absolute atomic E-state index is 5.58. The Kier molecular flexibility index (Phi) is 4.81. The van der Waals surface area contributed by atoms with Gasteiger partial charge in [-0.1, -0.05) is 52.7 Å². The fraction of sp³-hybridized carbons (Fsp3) is 0.316. The lowest BCUT2D eigenvalue weighted by Gasteiger charge is -2.13. The fourth-order valence-electron chi connectivity index (χ4n) is 3.17. The Balaban J connectivity index is 1.69. The molecule has 3 aromatic rings. The van der Waals surface area contributed by atoms with Crippen LogP contribution >= 0.6 is 27.7 Å². The van der Waals surface area contributed by atoms with Crippen LogP contribution in [0.2, 0.25) is 0 Å². The van der Waals surface area contributed by atoms with Gasteiger partial charge in [0.05, 0.1) is 24.7 Å². The standard InChI is InChI=1S/C19H19BrN2OS/c20-15-9-7-14(8-10-15)18-12-21-19(24-17-5-1-2-6-17)22(18)13-16-4-3-11-23-16/h3-4,7-12,17H,1-2,5-6,13H2. The summed E-state index contributed by atoms with van der Waals surface area (Å²) in [5.41, 5.74) is 2.31. The van der Waals surface area contributed by atoms with Crippen molar-refractivity contribution in [2.24, 2.45) is 0 Å². The highest BCUT2D eigenvalue weighted by Gasteiger charge is 2.21. The van der Waals surface area contributed by atoms with Crippen LogP contribution in [0.1, 0.15) is 31.4 Å². The second kappa shape index (κ2) is 7.19. The lowest BCUT2D eigenvalue weighted by Crippen LogP contribution is -2.05. The third-order valence-corrected chi connectivity index (χ3v) is 6.30. The van der Waals surface area contributed by atoms with Crippen LogP contribution in [0.3, 0.4) is 0 Å². The van der Waals surface area contributed by atoms with Crippen molar-refractivity contribution in [3.05, 3.63) is 59.1 Å². The van der Waals surface area contributed by atoms with Crippen LogP contribution in [0.4, 0.5) is 0 Å². The summed E-state index contributed by atoms with van der Waals surface area (Å²) < 4.78 is 8.95. The number of imidazole rings is 1. The first-order valence-corrected chi connectivity index (χ1v) is 9.97. The molecule has 0 spiro atoms. The number of nitrogens with zero attached hydrogens (tertiary/aromatic N) is 2.